The quantitative estimate of drug-likeness (QED) is 0.747. The molecule has 0 saturated carbocycles. The molecule has 108 valence electrons. The van der Waals surface area contributed by atoms with Gasteiger partial charge in [0.1, 0.15) is 11.6 Å². The Balaban J connectivity index is 2.05. The van der Waals surface area contributed by atoms with E-state index in [4.69, 9.17) is 15.5 Å². The lowest BCUT2D eigenvalue weighted by atomic mass is 10.1. The molecule has 21 heavy (non-hydrogen) atoms. The number of nitrogens with two attached hydrogens (primary N) is 1. The van der Waals surface area contributed by atoms with Gasteiger partial charge in [-0.15, -0.1) is 0 Å². The molecule has 0 bridgehead atoms. The molecule has 0 atom stereocenters. The molecule has 0 spiro atoms. The van der Waals surface area contributed by atoms with E-state index in [1.165, 1.54) is 5.56 Å². The van der Waals surface area contributed by atoms with Crippen LogP contribution < -0.4 is 10.5 Å². The van der Waals surface area contributed by atoms with Gasteiger partial charge in [-0.1, -0.05) is 12.1 Å². The third kappa shape index (κ3) is 2.57. The SMILES string of the molecule is CCn1c(Cc2cccc(N)c2)nc2cc(OC)ccc21. The highest BCUT2D eigenvalue weighted by Gasteiger charge is 2.11. The van der Waals surface area contributed by atoms with Gasteiger partial charge in [-0.2, -0.15) is 0 Å². The molecule has 0 aliphatic carbocycles. The number of rotatable bonds is 4. The zero-order chi connectivity index (χ0) is 14.8. The molecule has 4 heteroatoms. The molecule has 0 fully saturated rings. The lowest BCUT2D eigenvalue weighted by Gasteiger charge is -2.07. The predicted molar refractivity (Wildman–Crippen MR) is 85.6 cm³/mol. The van der Waals surface area contributed by atoms with Crippen LogP contribution >= 0.6 is 0 Å². The Bertz CT molecular complexity index is 777. The summed E-state index contributed by atoms with van der Waals surface area (Å²) in [5.74, 6) is 1.88. The molecule has 0 aliphatic rings. The smallest absolute Gasteiger partial charge is 0.121 e. The molecular weight excluding hydrogens is 262 g/mol. The van der Waals surface area contributed by atoms with Crippen molar-refractivity contribution in [1.29, 1.82) is 0 Å². The zero-order valence-corrected chi connectivity index (χ0v) is 12.3. The summed E-state index contributed by atoms with van der Waals surface area (Å²) >= 11 is 0. The van der Waals surface area contributed by atoms with Crippen molar-refractivity contribution >= 4 is 16.7 Å². The van der Waals surface area contributed by atoms with Crippen molar-refractivity contribution in [3.05, 3.63) is 53.9 Å². The van der Waals surface area contributed by atoms with Gasteiger partial charge in [-0.05, 0) is 36.8 Å². The van der Waals surface area contributed by atoms with Gasteiger partial charge in [0.05, 0.1) is 18.1 Å². The number of aromatic nitrogens is 2. The molecule has 3 aromatic rings. The number of anilines is 1. The number of benzene rings is 2. The van der Waals surface area contributed by atoms with Gasteiger partial charge in [0.25, 0.3) is 0 Å². The average Bonchev–Trinajstić information content (AvgIpc) is 2.83. The van der Waals surface area contributed by atoms with Crippen molar-refractivity contribution in [3.8, 4) is 5.75 Å². The molecule has 0 unspecified atom stereocenters. The van der Waals surface area contributed by atoms with Gasteiger partial charge in [0, 0.05) is 24.7 Å². The van der Waals surface area contributed by atoms with Crippen LogP contribution in [0.3, 0.4) is 0 Å². The van der Waals surface area contributed by atoms with Crippen LogP contribution in [-0.4, -0.2) is 16.7 Å². The number of aryl methyl sites for hydroxylation is 1. The monoisotopic (exact) mass is 281 g/mol. The van der Waals surface area contributed by atoms with Gasteiger partial charge in [0.2, 0.25) is 0 Å². The van der Waals surface area contributed by atoms with E-state index >= 15 is 0 Å². The fourth-order valence-electron chi connectivity index (χ4n) is 2.66. The summed E-state index contributed by atoms with van der Waals surface area (Å²) in [4.78, 5) is 4.76. The molecule has 0 radical (unpaired) electrons. The van der Waals surface area contributed by atoms with Crippen molar-refractivity contribution in [3.63, 3.8) is 0 Å². The number of nitrogens with zero attached hydrogens (tertiary/aromatic N) is 2. The lowest BCUT2D eigenvalue weighted by Crippen LogP contribution is -2.03. The van der Waals surface area contributed by atoms with Crippen molar-refractivity contribution in [2.75, 3.05) is 12.8 Å². The van der Waals surface area contributed by atoms with E-state index in [2.05, 4.69) is 23.6 Å². The largest absolute Gasteiger partial charge is 0.497 e. The van der Waals surface area contributed by atoms with Crippen molar-refractivity contribution in [2.45, 2.75) is 19.9 Å². The van der Waals surface area contributed by atoms with E-state index in [0.717, 1.165) is 41.3 Å². The van der Waals surface area contributed by atoms with Crippen LogP contribution in [0.4, 0.5) is 5.69 Å². The Morgan fingerprint density at radius 3 is 2.76 bits per heavy atom. The van der Waals surface area contributed by atoms with Gasteiger partial charge >= 0.3 is 0 Å². The van der Waals surface area contributed by atoms with E-state index in [0.29, 0.717) is 0 Å². The van der Waals surface area contributed by atoms with Gasteiger partial charge in [-0.25, -0.2) is 4.98 Å². The summed E-state index contributed by atoms with van der Waals surface area (Å²) < 4.78 is 7.51. The number of hydrogen-bond donors (Lipinski definition) is 1. The van der Waals surface area contributed by atoms with Crippen LogP contribution in [-0.2, 0) is 13.0 Å². The summed E-state index contributed by atoms with van der Waals surface area (Å²) in [6.45, 7) is 3.02. The number of imidazole rings is 1. The number of methoxy groups -OCH3 is 1. The van der Waals surface area contributed by atoms with Gasteiger partial charge < -0.3 is 15.0 Å². The molecule has 2 aromatic carbocycles. The molecule has 0 saturated heterocycles. The maximum absolute atomic E-state index is 5.85. The molecule has 0 aliphatic heterocycles. The van der Waals surface area contributed by atoms with E-state index in [9.17, 15) is 0 Å². The second kappa shape index (κ2) is 5.48. The van der Waals surface area contributed by atoms with Gasteiger partial charge in [-0.3, -0.25) is 0 Å². The molecule has 4 nitrogen and oxygen atoms in total. The molecule has 1 heterocycles. The Labute approximate surface area is 124 Å². The zero-order valence-electron chi connectivity index (χ0n) is 12.3. The summed E-state index contributed by atoms with van der Waals surface area (Å²) in [6, 6.07) is 14.0. The van der Waals surface area contributed by atoms with Crippen LogP contribution in [0.1, 0.15) is 18.3 Å². The molecule has 0 amide bonds. The summed E-state index contributed by atoms with van der Waals surface area (Å²) in [5.41, 5.74) is 9.91. The van der Waals surface area contributed by atoms with Crippen molar-refractivity contribution in [2.24, 2.45) is 0 Å². The average molecular weight is 281 g/mol. The van der Waals surface area contributed by atoms with Crippen molar-refractivity contribution < 1.29 is 4.74 Å². The highest BCUT2D eigenvalue weighted by molar-refractivity contribution is 5.78. The van der Waals surface area contributed by atoms with E-state index in [1.54, 1.807) is 7.11 Å². The Morgan fingerprint density at radius 2 is 2.05 bits per heavy atom. The van der Waals surface area contributed by atoms with Crippen LogP contribution in [0.15, 0.2) is 42.5 Å². The first-order chi connectivity index (χ1) is 10.2. The number of hydrogen-bond acceptors (Lipinski definition) is 3. The normalized spacial score (nSPS) is 11.0. The third-order valence-electron chi connectivity index (χ3n) is 3.66. The van der Waals surface area contributed by atoms with Crippen LogP contribution in [0.25, 0.3) is 11.0 Å². The second-order valence-electron chi connectivity index (χ2n) is 5.05. The van der Waals surface area contributed by atoms with Crippen molar-refractivity contribution in [1.82, 2.24) is 9.55 Å². The molecule has 2 N–H and O–H groups in total. The summed E-state index contributed by atoms with van der Waals surface area (Å²) in [6.07, 6.45) is 0.774. The Kier molecular flexibility index (Phi) is 3.52. The summed E-state index contributed by atoms with van der Waals surface area (Å²) in [7, 11) is 1.67. The lowest BCUT2D eigenvalue weighted by molar-refractivity contribution is 0.415. The predicted octanol–water partition coefficient (Wildman–Crippen LogP) is 3.24. The third-order valence-corrected chi connectivity index (χ3v) is 3.66. The minimum atomic E-state index is 0.774. The fourth-order valence-corrected chi connectivity index (χ4v) is 2.66. The van der Waals surface area contributed by atoms with Gasteiger partial charge in [0.15, 0.2) is 0 Å². The molecule has 3 rings (SSSR count). The highest BCUT2D eigenvalue weighted by Crippen LogP contribution is 2.23. The van der Waals surface area contributed by atoms with Crippen LogP contribution in [0.2, 0.25) is 0 Å². The topological polar surface area (TPSA) is 53.1 Å². The first-order valence-corrected chi connectivity index (χ1v) is 7.09. The maximum atomic E-state index is 5.85. The minimum Gasteiger partial charge on any atom is -0.497 e. The minimum absolute atomic E-state index is 0.774. The van der Waals surface area contributed by atoms with E-state index < -0.39 is 0 Å². The first-order valence-electron chi connectivity index (χ1n) is 7.09. The first kappa shape index (κ1) is 13.5. The molecular formula is C17H19N3O. The highest BCUT2D eigenvalue weighted by atomic mass is 16.5. The maximum Gasteiger partial charge on any atom is 0.121 e. The van der Waals surface area contributed by atoms with E-state index in [1.807, 2.05) is 30.3 Å². The van der Waals surface area contributed by atoms with E-state index in [-0.39, 0.29) is 0 Å². The van der Waals surface area contributed by atoms with Crippen LogP contribution in [0.5, 0.6) is 5.75 Å². The standard InChI is InChI=1S/C17H19N3O/c1-3-20-16-8-7-14(21-2)11-15(16)19-17(20)10-12-5-4-6-13(18)9-12/h4-9,11H,3,10,18H2,1-2H3. The van der Waals surface area contributed by atoms with Crippen LogP contribution in [0, 0.1) is 0 Å². The second-order valence-corrected chi connectivity index (χ2v) is 5.05. The fraction of sp³-hybridized carbons (Fsp3) is 0.235. The summed E-state index contributed by atoms with van der Waals surface area (Å²) in [5, 5.41) is 0. The number of ether oxygens (including phenoxy) is 1. The Hall–Kier alpha value is -2.49. The molecule has 1 aromatic heterocycles. The Morgan fingerprint density at radius 1 is 1.19 bits per heavy atom. The number of nitrogen functional groups attached to an aromatic ring is 1. The number of fused-ring (bicyclic) bond motifs is 1.